The van der Waals surface area contributed by atoms with Crippen LogP contribution in [0.1, 0.15) is 5.56 Å². The molecule has 7 heteroatoms. The molecule has 0 atom stereocenters. The Labute approximate surface area is 145 Å². The first kappa shape index (κ1) is 16.3. The van der Waals surface area contributed by atoms with Crippen LogP contribution in [0, 0.1) is 5.82 Å². The minimum absolute atomic E-state index is 0.171. The van der Waals surface area contributed by atoms with Gasteiger partial charge >= 0.3 is 6.18 Å². The van der Waals surface area contributed by atoms with Gasteiger partial charge in [0.2, 0.25) is 0 Å². The predicted octanol–water partition coefficient (Wildman–Crippen LogP) is 5.45. The van der Waals surface area contributed by atoms with E-state index in [2.05, 4.69) is 15.0 Å². The molecule has 0 aliphatic heterocycles. The molecule has 0 saturated heterocycles. The SMILES string of the molecule is Fc1cc(-c2ccccn2)ccc1-c1nc2ccc(C(F)(F)F)cc2[nH]1. The molecule has 4 rings (SSSR count). The number of hydrogen-bond donors (Lipinski definition) is 1. The molecule has 2 aromatic carbocycles. The van der Waals surface area contributed by atoms with Crippen LogP contribution in [0.2, 0.25) is 0 Å². The van der Waals surface area contributed by atoms with Gasteiger partial charge in [-0.2, -0.15) is 13.2 Å². The molecule has 4 aromatic rings. The fraction of sp³-hybridized carbons (Fsp3) is 0.0526. The summed E-state index contributed by atoms with van der Waals surface area (Å²) in [6, 6.07) is 13.0. The van der Waals surface area contributed by atoms with Crippen LogP contribution in [0.5, 0.6) is 0 Å². The van der Waals surface area contributed by atoms with E-state index < -0.39 is 17.6 Å². The standard InChI is InChI=1S/C19H11F4N3/c20-14-9-11(15-3-1-2-8-24-15)4-6-13(14)18-25-16-7-5-12(19(21,22)23)10-17(16)26-18/h1-10H,(H,25,26). The molecule has 0 radical (unpaired) electrons. The summed E-state index contributed by atoms with van der Waals surface area (Å²) in [5.74, 6) is -0.368. The van der Waals surface area contributed by atoms with Gasteiger partial charge in [0.15, 0.2) is 0 Å². The normalized spacial score (nSPS) is 11.8. The zero-order chi connectivity index (χ0) is 18.3. The van der Waals surface area contributed by atoms with E-state index in [0.717, 1.165) is 12.1 Å². The van der Waals surface area contributed by atoms with Crippen LogP contribution in [-0.2, 0) is 6.18 Å². The number of fused-ring (bicyclic) bond motifs is 1. The molecule has 0 spiro atoms. The Morgan fingerprint density at radius 2 is 1.77 bits per heavy atom. The van der Waals surface area contributed by atoms with E-state index >= 15 is 0 Å². The number of rotatable bonds is 2. The molecular weight excluding hydrogens is 346 g/mol. The van der Waals surface area contributed by atoms with Crippen molar-refractivity contribution in [2.45, 2.75) is 6.18 Å². The molecule has 3 nitrogen and oxygen atoms in total. The van der Waals surface area contributed by atoms with Gasteiger partial charge < -0.3 is 4.98 Å². The zero-order valence-electron chi connectivity index (χ0n) is 13.2. The molecule has 2 heterocycles. The lowest BCUT2D eigenvalue weighted by Crippen LogP contribution is -2.04. The summed E-state index contributed by atoms with van der Waals surface area (Å²) in [5.41, 5.74) is 1.14. The molecular formula is C19H11F4N3. The molecule has 0 saturated carbocycles. The van der Waals surface area contributed by atoms with E-state index in [9.17, 15) is 17.6 Å². The third-order valence-corrected chi connectivity index (χ3v) is 3.99. The van der Waals surface area contributed by atoms with Crippen LogP contribution >= 0.6 is 0 Å². The number of benzene rings is 2. The maximum atomic E-state index is 14.6. The molecule has 1 N–H and O–H groups in total. The maximum Gasteiger partial charge on any atom is 0.416 e. The number of H-pyrrole nitrogens is 1. The van der Waals surface area contributed by atoms with E-state index in [1.807, 2.05) is 0 Å². The minimum Gasteiger partial charge on any atom is -0.338 e. The lowest BCUT2D eigenvalue weighted by molar-refractivity contribution is -0.137. The van der Waals surface area contributed by atoms with E-state index in [1.165, 1.54) is 18.2 Å². The smallest absolute Gasteiger partial charge is 0.338 e. The van der Waals surface area contributed by atoms with Crippen LogP contribution < -0.4 is 0 Å². The van der Waals surface area contributed by atoms with Gasteiger partial charge in [0.25, 0.3) is 0 Å². The Kier molecular flexibility index (Phi) is 3.72. The molecule has 0 fully saturated rings. The van der Waals surface area contributed by atoms with Crippen molar-refractivity contribution in [3.8, 4) is 22.6 Å². The predicted molar refractivity (Wildman–Crippen MR) is 89.7 cm³/mol. The Morgan fingerprint density at radius 1 is 0.923 bits per heavy atom. The monoisotopic (exact) mass is 357 g/mol. The number of pyridine rings is 1. The van der Waals surface area contributed by atoms with Crippen molar-refractivity contribution >= 4 is 11.0 Å². The Bertz CT molecular complexity index is 1090. The summed E-state index contributed by atoms with van der Waals surface area (Å²) < 4.78 is 53.0. The number of halogens is 4. The highest BCUT2D eigenvalue weighted by Gasteiger charge is 2.30. The van der Waals surface area contributed by atoms with Crippen LogP contribution in [0.25, 0.3) is 33.7 Å². The summed E-state index contributed by atoms with van der Waals surface area (Å²) in [6.07, 6.45) is -2.84. The molecule has 0 aliphatic rings. The van der Waals surface area contributed by atoms with Crippen LogP contribution in [0.3, 0.4) is 0 Å². The Morgan fingerprint density at radius 3 is 2.46 bits per heavy atom. The molecule has 0 amide bonds. The van der Waals surface area contributed by atoms with Gasteiger partial charge in [-0.15, -0.1) is 0 Å². The van der Waals surface area contributed by atoms with E-state index in [0.29, 0.717) is 16.8 Å². The van der Waals surface area contributed by atoms with Crippen molar-refractivity contribution in [2.75, 3.05) is 0 Å². The number of nitrogens with zero attached hydrogens (tertiary/aromatic N) is 2. The molecule has 0 bridgehead atoms. The van der Waals surface area contributed by atoms with Crippen molar-refractivity contribution in [1.82, 2.24) is 15.0 Å². The number of aromatic nitrogens is 3. The molecule has 26 heavy (non-hydrogen) atoms. The number of imidazole rings is 1. The fourth-order valence-electron chi connectivity index (χ4n) is 2.71. The second-order valence-corrected chi connectivity index (χ2v) is 5.72. The molecule has 0 aliphatic carbocycles. The third kappa shape index (κ3) is 2.92. The van der Waals surface area contributed by atoms with Crippen molar-refractivity contribution in [3.05, 3.63) is 72.2 Å². The van der Waals surface area contributed by atoms with Gasteiger partial charge in [0, 0.05) is 11.8 Å². The topological polar surface area (TPSA) is 41.6 Å². The first-order valence-corrected chi connectivity index (χ1v) is 7.70. The quantitative estimate of drug-likeness (QED) is 0.485. The van der Waals surface area contributed by atoms with Crippen LogP contribution in [0.4, 0.5) is 17.6 Å². The Hall–Kier alpha value is -3.22. The number of nitrogens with one attached hydrogen (secondary N) is 1. The van der Waals surface area contributed by atoms with Gasteiger partial charge in [-0.3, -0.25) is 4.98 Å². The summed E-state index contributed by atoms with van der Waals surface area (Å²) in [7, 11) is 0. The summed E-state index contributed by atoms with van der Waals surface area (Å²) >= 11 is 0. The van der Waals surface area contributed by atoms with Crippen molar-refractivity contribution < 1.29 is 17.6 Å². The summed E-state index contributed by atoms with van der Waals surface area (Å²) in [5, 5.41) is 0. The average Bonchev–Trinajstić information content (AvgIpc) is 3.04. The second-order valence-electron chi connectivity index (χ2n) is 5.72. The average molecular weight is 357 g/mol. The number of aromatic amines is 1. The summed E-state index contributed by atoms with van der Waals surface area (Å²) in [6.45, 7) is 0. The van der Waals surface area contributed by atoms with Crippen molar-refractivity contribution in [1.29, 1.82) is 0 Å². The highest BCUT2D eigenvalue weighted by molar-refractivity contribution is 5.80. The minimum atomic E-state index is -4.45. The van der Waals surface area contributed by atoms with Gasteiger partial charge in [-0.1, -0.05) is 12.1 Å². The van der Waals surface area contributed by atoms with E-state index in [4.69, 9.17) is 0 Å². The first-order valence-electron chi connectivity index (χ1n) is 7.70. The van der Waals surface area contributed by atoms with Crippen LogP contribution in [0.15, 0.2) is 60.8 Å². The molecule has 130 valence electrons. The van der Waals surface area contributed by atoms with Crippen molar-refractivity contribution in [3.63, 3.8) is 0 Å². The number of hydrogen-bond acceptors (Lipinski definition) is 2. The fourth-order valence-corrected chi connectivity index (χ4v) is 2.71. The van der Waals surface area contributed by atoms with Gasteiger partial charge in [0.05, 0.1) is 27.9 Å². The lowest BCUT2D eigenvalue weighted by Gasteiger charge is -2.05. The maximum absolute atomic E-state index is 14.6. The Balaban J connectivity index is 1.75. The highest BCUT2D eigenvalue weighted by atomic mass is 19.4. The first-order chi connectivity index (χ1) is 12.4. The lowest BCUT2D eigenvalue weighted by atomic mass is 10.1. The van der Waals surface area contributed by atoms with E-state index in [1.54, 1.807) is 30.5 Å². The summed E-state index contributed by atoms with van der Waals surface area (Å²) in [4.78, 5) is 11.1. The molecule has 2 aromatic heterocycles. The van der Waals surface area contributed by atoms with Crippen molar-refractivity contribution in [2.24, 2.45) is 0 Å². The zero-order valence-corrected chi connectivity index (χ0v) is 13.2. The highest BCUT2D eigenvalue weighted by Crippen LogP contribution is 2.32. The van der Waals surface area contributed by atoms with Gasteiger partial charge in [-0.05, 0) is 42.5 Å². The third-order valence-electron chi connectivity index (χ3n) is 3.99. The number of alkyl halides is 3. The molecule has 0 unspecified atom stereocenters. The van der Waals surface area contributed by atoms with Gasteiger partial charge in [0.1, 0.15) is 11.6 Å². The second kappa shape index (κ2) is 5.94. The van der Waals surface area contributed by atoms with Crippen LogP contribution in [-0.4, -0.2) is 15.0 Å². The largest absolute Gasteiger partial charge is 0.416 e. The van der Waals surface area contributed by atoms with Gasteiger partial charge in [-0.25, -0.2) is 9.37 Å². The van der Waals surface area contributed by atoms with E-state index in [-0.39, 0.29) is 16.9 Å².